The van der Waals surface area contributed by atoms with Gasteiger partial charge in [-0.2, -0.15) is 0 Å². The van der Waals surface area contributed by atoms with Crippen LogP contribution >= 0.6 is 49.9 Å². The molecular weight excluding hydrogens is 461 g/mol. The fourth-order valence-electron chi connectivity index (χ4n) is 2.84. The summed E-state index contributed by atoms with van der Waals surface area (Å²) >= 11 is 7.99. The van der Waals surface area contributed by atoms with E-state index in [1.807, 2.05) is 11.3 Å². The van der Waals surface area contributed by atoms with Crippen molar-refractivity contribution >= 4 is 55.5 Å². The minimum absolute atomic E-state index is 0.415. The van der Waals surface area contributed by atoms with Gasteiger partial charge in [0.15, 0.2) is 0 Å². The molecule has 1 aliphatic carbocycles. The van der Waals surface area contributed by atoms with Gasteiger partial charge in [0, 0.05) is 27.7 Å². The molecule has 21 heavy (non-hydrogen) atoms. The van der Waals surface area contributed by atoms with Crippen LogP contribution in [0, 0.1) is 2.88 Å². The summed E-state index contributed by atoms with van der Waals surface area (Å²) < 4.78 is 7.83. The van der Waals surface area contributed by atoms with Crippen LogP contribution in [0.25, 0.3) is 0 Å². The van der Waals surface area contributed by atoms with Crippen molar-refractivity contribution in [2.45, 2.75) is 31.9 Å². The zero-order valence-corrected chi connectivity index (χ0v) is 16.3. The molecule has 3 rings (SSSR count). The largest absolute Gasteiger partial charge is 0.380 e. The first-order valence-electron chi connectivity index (χ1n) is 7.00. The van der Waals surface area contributed by atoms with Crippen LogP contribution < -0.4 is 5.32 Å². The molecule has 1 aromatic carbocycles. The smallest absolute Gasteiger partial charge is 0.0744 e. The van der Waals surface area contributed by atoms with Crippen LogP contribution in [0.15, 0.2) is 28.7 Å². The molecule has 1 aromatic heterocycles. The van der Waals surface area contributed by atoms with E-state index in [-0.39, 0.29) is 0 Å². The van der Waals surface area contributed by atoms with Crippen molar-refractivity contribution in [1.29, 1.82) is 0 Å². The highest BCUT2D eigenvalue weighted by Gasteiger charge is 2.23. The summed E-state index contributed by atoms with van der Waals surface area (Å²) in [5.74, 6) is 0. The van der Waals surface area contributed by atoms with E-state index in [2.05, 4.69) is 68.1 Å². The second-order valence-electron chi connectivity index (χ2n) is 5.22. The van der Waals surface area contributed by atoms with Gasteiger partial charge < -0.3 is 10.1 Å². The molecule has 0 saturated carbocycles. The number of rotatable bonds is 4. The first-order chi connectivity index (χ1) is 10.2. The lowest BCUT2D eigenvalue weighted by molar-refractivity contribution is 0.185. The zero-order valence-electron chi connectivity index (χ0n) is 11.8. The SMILES string of the molecule is COCc1c(Br)cccc1NC1CCCc2sc(I)cc21. The Balaban J connectivity index is 1.89. The number of halogens is 2. The lowest BCUT2D eigenvalue weighted by atomic mass is 9.93. The number of thiophene rings is 1. The molecule has 0 bridgehead atoms. The molecule has 2 aromatic rings. The quantitative estimate of drug-likeness (QED) is 0.566. The number of fused-ring (bicyclic) bond motifs is 1. The van der Waals surface area contributed by atoms with E-state index >= 15 is 0 Å². The Hall–Kier alpha value is -0.110. The van der Waals surface area contributed by atoms with E-state index < -0.39 is 0 Å². The molecule has 1 N–H and O–H groups in total. The number of methoxy groups -OCH3 is 1. The Labute approximate surface area is 151 Å². The summed E-state index contributed by atoms with van der Waals surface area (Å²) in [5, 5.41) is 3.74. The summed E-state index contributed by atoms with van der Waals surface area (Å²) in [6, 6.07) is 9.04. The summed E-state index contributed by atoms with van der Waals surface area (Å²) in [7, 11) is 1.74. The standard InChI is InChI=1S/C16H17BrINOS/c1-20-9-11-12(17)4-2-5-14(11)19-13-6-3-7-15-10(13)8-16(18)21-15/h2,4-5,8,13,19H,3,6-7,9H2,1H3. The number of benzene rings is 1. The predicted molar refractivity (Wildman–Crippen MR) is 101 cm³/mol. The maximum absolute atomic E-state index is 5.34. The van der Waals surface area contributed by atoms with Gasteiger partial charge in [-0.25, -0.2) is 0 Å². The molecule has 1 heterocycles. The Morgan fingerprint density at radius 2 is 2.33 bits per heavy atom. The lowest BCUT2D eigenvalue weighted by Crippen LogP contribution is -2.16. The molecule has 1 unspecified atom stereocenters. The maximum atomic E-state index is 5.34. The molecule has 112 valence electrons. The van der Waals surface area contributed by atoms with Gasteiger partial charge in [-0.1, -0.05) is 22.0 Å². The summed E-state index contributed by atoms with van der Waals surface area (Å²) in [4.78, 5) is 1.55. The second kappa shape index (κ2) is 6.98. The van der Waals surface area contributed by atoms with E-state index in [0.29, 0.717) is 12.6 Å². The van der Waals surface area contributed by atoms with Crippen molar-refractivity contribution < 1.29 is 4.74 Å². The number of hydrogen-bond acceptors (Lipinski definition) is 3. The Kier molecular flexibility index (Phi) is 5.24. The third-order valence-electron chi connectivity index (χ3n) is 3.82. The molecule has 1 atom stereocenters. The lowest BCUT2D eigenvalue weighted by Gasteiger charge is -2.26. The first-order valence-corrected chi connectivity index (χ1v) is 9.69. The van der Waals surface area contributed by atoms with Crippen LogP contribution in [0.3, 0.4) is 0 Å². The van der Waals surface area contributed by atoms with Crippen LogP contribution in [0.4, 0.5) is 5.69 Å². The van der Waals surface area contributed by atoms with Crippen molar-refractivity contribution in [2.24, 2.45) is 0 Å². The first kappa shape index (κ1) is 15.8. The Morgan fingerprint density at radius 1 is 1.48 bits per heavy atom. The molecule has 1 aliphatic rings. The van der Waals surface area contributed by atoms with Crippen LogP contribution in [-0.2, 0) is 17.8 Å². The number of aryl methyl sites for hydroxylation is 1. The zero-order chi connectivity index (χ0) is 14.8. The van der Waals surface area contributed by atoms with Gasteiger partial charge in [0.05, 0.1) is 15.5 Å². The maximum Gasteiger partial charge on any atom is 0.0744 e. The van der Waals surface area contributed by atoms with Gasteiger partial charge in [0.2, 0.25) is 0 Å². The molecule has 0 radical (unpaired) electrons. The number of ether oxygens (including phenoxy) is 1. The van der Waals surface area contributed by atoms with Crippen LogP contribution in [0.2, 0.25) is 0 Å². The van der Waals surface area contributed by atoms with E-state index in [9.17, 15) is 0 Å². The van der Waals surface area contributed by atoms with E-state index in [1.165, 1.54) is 39.0 Å². The van der Waals surface area contributed by atoms with Crippen molar-refractivity contribution in [3.8, 4) is 0 Å². The van der Waals surface area contributed by atoms with Crippen molar-refractivity contribution in [3.63, 3.8) is 0 Å². The molecule has 2 nitrogen and oxygen atoms in total. The Bertz CT molecular complexity index is 643. The highest BCUT2D eigenvalue weighted by Crippen LogP contribution is 2.39. The van der Waals surface area contributed by atoms with Gasteiger partial charge in [-0.15, -0.1) is 11.3 Å². The van der Waals surface area contributed by atoms with Crippen LogP contribution in [0.1, 0.15) is 34.9 Å². The monoisotopic (exact) mass is 477 g/mol. The predicted octanol–water partition coefficient (Wildman–Crippen LogP) is 5.75. The number of hydrogen-bond donors (Lipinski definition) is 1. The normalized spacial score (nSPS) is 17.6. The number of anilines is 1. The van der Waals surface area contributed by atoms with E-state index in [1.54, 1.807) is 12.0 Å². The van der Waals surface area contributed by atoms with Crippen molar-refractivity contribution in [1.82, 2.24) is 0 Å². The fraction of sp³-hybridized carbons (Fsp3) is 0.375. The molecule has 0 saturated heterocycles. The Morgan fingerprint density at radius 3 is 3.14 bits per heavy atom. The van der Waals surface area contributed by atoms with Gasteiger partial charge >= 0.3 is 0 Å². The van der Waals surface area contributed by atoms with Gasteiger partial charge in [0.25, 0.3) is 0 Å². The van der Waals surface area contributed by atoms with Gasteiger partial charge in [-0.05, 0) is 65.6 Å². The second-order valence-corrected chi connectivity index (χ2v) is 9.10. The van der Waals surface area contributed by atoms with Gasteiger partial charge in [0.1, 0.15) is 0 Å². The third kappa shape index (κ3) is 3.46. The van der Waals surface area contributed by atoms with E-state index in [4.69, 9.17) is 4.74 Å². The van der Waals surface area contributed by atoms with Gasteiger partial charge in [-0.3, -0.25) is 0 Å². The summed E-state index contributed by atoms with van der Waals surface area (Å²) in [5.41, 5.74) is 3.85. The molecule has 5 heteroatoms. The summed E-state index contributed by atoms with van der Waals surface area (Å²) in [6.45, 7) is 0.616. The minimum atomic E-state index is 0.415. The van der Waals surface area contributed by atoms with Crippen LogP contribution in [0.5, 0.6) is 0 Å². The topological polar surface area (TPSA) is 21.3 Å². The third-order valence-corrected chi connectivity index (χ3v) is 6.54. The van der Waals surface area contributed by atoms with Crippen LogP contribution in [-0.4, -0.2) is 7.11 Å². The molecule has 0 fully saturated rings. The summed E-state index contributed by atoms with van der Waals surface area (Å²) in [6.07, 6.45) is 3.68. The minimum Gasteiger partial charge on any atom is -0.380 e. The average molecular weight is 478 g/mol. The van der Waals surface area contributed by atoms with E-state index in [0.717, 1.165) is 4.47 Å². The fourth-order valence-corrected chi connectivity index (χ4v) is 5.44. The molecule has 0 aliphatic heterocycles. The van der Waals surface area contributed by atoms with Crippen molar-refractivity contribution in [3.05, 3.63) is 47.6 Å². The molecule has 0 amide bonds. The number of nitrogens with one attached hydrogen (secondary N) is 1. The highest BCUT2D eigenvalue weighted by atomic mass is 127. The average Bonchev–Trinajstić information content (AvgIpc) is 2.84. The molecule has 0 spiro atoms. The highest BCUT2D eigenvalue weighted by molar-refractivity contribution is 14.1. The van der Waals surface area contributed by atoms with Crippen molar-refractivity contribution in [2.75, 3.05) is 12.4 Å². The molecular formula is C16H17BrINOS.